The molecule has 3 heteroatoms. The number of unbranched alkanes of at least 4 members (excludes halogenated alkanes) is 1. The van der Waals surface area contributed by atoms with Crippen LogP contribution < -0.4 is 0 Å². The molecule has 1 aromatic carbocycles. The molecular weight excluding hydrogens is 213 g/mol. The third-order valence-electron chi connectivity index (χ3n) is 2.44. The molecular formula is C13H15F3. The molecule has 0 bridgehead atoms. The minimum atomic E-state index is -4.34. The van der Waals surface area contributed by atoms with Crippen LogP contribution in [-0.4, -0.2) is 6.18 Å². The number of rotatable bonds is 4. The Kier molecular flexibility index (Phi) is 4.16. The van der Waals surface area contributed by atoms with Gasteiger partial charge in [-0.3, -0.25) is 0 Å². The zero-order valence-electron chi connectivity index (χ0n) is 9.27. The average Bonchev–Trinajstić information content (AvgIpc) is 2.24. The third kappa shape index (κ3) is 3.40. The molecule has 0 radical (unpaired) electrons. The van der Waals surface area contributed by atoms with Crippen LogP contribution in [0.25, 0.3) is 5.57 Å². The van der Waals surface area contributed by atoms with Gasteiger partial charge in [-0.25, -0.2) is 0 Å². The van der Waals surface area contributed by atoms with Gasteiger partial charge in [0, 0.05) is 0 Å². The van der Waals surface area contributed by atoms with E-state index in [1.54, 1.807) is 12.1 Å². The summed E-state index contributed by atoms with van der Waals surface area (Å²) in [7, 11) is 0. The molecule has 0 amide bonds. The zero-order chi connectivity index (χ0) is 12.2. The molecule has 0 saturated carbocycles. The summed E-state index contributed by atoms with van der Waals surface area (Å²) in [5.41, 5.74) is 0.330. The van der Waals surface area contributed by atoms with Gasteiger partial charge in [-0.1, -0.05) is 44.2 Å². The van der Waals surface area contributed by atoms with Crippen LogP contribution in [-0.2, 0) is 6.42 Å². The monoisotopic (exact) mass is 228 g/mol. The van der Waals surface area contributed by atoms with E-state index in [0.29, 0.717) is 0 Å². The van der Waals surface area contributed by atoms with Gasteiger partial charge in [0.15, 0.2) is 0 Å². The van der Waals surface area contributed by atoms with Crippen molar-refractivity contribution >= 4 is 5.57 Å². The van der Waals surface area contributed by atoms with Crippen molar-refractivity contribution in [2.45, 2.75) is 32.4 Å². The molecule has 0 atom stereocenters. The Morgan fingerprint density at radius 2 is 2.00 bits per heavy atom. The van der Waals surface area contributed by atoms with Crippen LogP contribution >= 0.6 is 0 Å². The van der Waals surface area contributed by atoms with E-state index in [1.807, 2.05) is 6.07 Å². The van der Waals surface area contributed by atoms with Crippen molar-refractivity contribution in [3.8, 4) is 0 Å². The lowest BCUT2D eigenvalue weighted by Crippen LogP contribution is -2.09. The maximum Gasteiger partial charge on any atom is 0.416 e. The Labute approximate surface area is 93.8 Å². The molecule has 0 aliphatic heterocycles. The van der Waals surface area contributed by atoms with Gasteiger partial charge in [0.1, 0.15) is 0 Å². The molecule has 0 N–H and O–H groups in total. The highest BCUT2D eigenvalue weighted by Gasteiger charge is 2.32. The molecule has 1 rings (SSSR count). The topological polar surface area (TPSA) is 0 Å². The number of allylic oxidation sites excluding steroid dienone is 1. The van der Waals surface area contributed by atoms with Crippen molar-refractivity contribution in [1.29, 1.82) is 0 Å². The van der Waals surface area contributed by atoms with E-state index in [2.05, 4.69) is 13.5 Å². The molecule has 88 valence electrons. The summed E-state index contributed by atoms with van der Waals surface area (Å²) in [4.78, 5) is 0. The summed E-state index contributed by atoms with van der Waals surface area (Å²) < 4.78 is 37.3. The molecule has 0 aromatic heterocycles. The smallest absolute Gasteiger partial charge is 0.166 e. The maximum atomic E-state index is 12.4. The van der Waals surface area contributed by atoms with E-state index in [9.17, 15) is 13.2 Å². The number of hydrogen-bond donors (Lipinski definition) is 0. The van der Waals surface area contributed by atoms with Crippen molar-refractivity contribution in [1.82, 2.24) is 0 Å². The van der Waals surface area contributed by atoms with Gasteiger partial charge in [0.2, 0.25) is 0 Å². The quantitative estimate of drug-likeness (QED) is 0.706. The minimum Gasteiger partial charge on any atom is -0.166 e. The highest BCUT2D eigenvalue weighted by molar-refractivity contribution is 5.67. The van der Waals surface area contributed by atoms with Gasteiger partial charge >= 0.3 is 6.18 Å². The lowest BCUT2D eigenvalue weighted by molar-refractivity contribution is -0.0686. The zero-order valence-corrected chi connectivity index (χ0v) is 9.27. The maximum absolute atomic E-state index is 12.4. The van der Waals surface area contributed by atoms with Crippen LogP contribution in [0.4, 0.5) is 13.2 Å². The fraction of sp³-hybridized carbons (Fsp3) is 0.385. The van der Waals surface area contributed by atoms with Crippen molar-refractivity contribution in [2.24, 2.45) is 0 Å². The molecule has 0 saturated heterocycles. The van der Waals surface area contributed by atoms with Crippen LogP contribution in [0, 0.1) is 0 Å². The molecule has 0 fully saturated rings. The van der Waals surface area contributed by atoms with Gasteiger partial charge in [-0.05, 0) is 24.0 Å². The lowest BCUT2D eigenvalue weighted by atomic mass is 10.0. The number of aryl methyl sites for hydroxylation is 1. The van der Waals surface area contributed by atoms with Crippen LogP contribution in [0.2, 0.25) is 0 Å². The first kappa shape index (κ1) is 12.8. The molecule has 0 heterocycles. The van der Waals surface area contributed by atoms with Crippen LogP contribution in [0.1, 0.15) is 30.9 Å². The van der Waals surface area contributed by atoms with E-state index in [0.717, 1.165) is 24.8 Å². The predicted octanol–water partition coefficient (Wildman–Crippen LogP) is 4.60. The van der Waals surface area contributed by atoms with Crippen molar-refractivity contribution in [3.63, 3.8) is 0 Å². The Bertz CT molecular complexity index is 364. The highest BCUT2D eigenvalue weighted by atomic mass is 19.4. The Morgan fingerprint density at radius 3 is 2.56 bits per heavy atom. The third-order valence-corrected chi connectivity index (χ3v) is 2.44. The number of benzene rings is 1. The van der Waals surface area contributed by atoms with Gasteiger partial charge in [-0.2, -0.15) is 13.2 Å². The molecule has 0 spiro atoms. The summed E-state index contributed by atoms with van der Waals surface area (Å²) in [5.74, 6) is 0. The summed E-state index contributed by atoms with van der Waals surface area (Å²) >= 11 is 0. The fourth-order valence-corrected chi connectivity index (χ4v) is 1.46. The summed E-state index contributed by atoms with van der Waals surface area (Å²) in [6.45, 7) is 5.15. The first-order valence-electron chi connectivity index (χ1n) is 5.30. The standard InChI is InChI=1S/C13H15F3/c1-3-4-6-11-7-5-8-12(9-11)10(2)13(14,15)16/h5,7-9H,2-4,6H2,1H3. The van der Waals surface area contributed by atoms with Crippen LogP contribution in [0.3, 0.4) is 0 Å². The summed E-state index contributed by atoms with van der Waals surface area (Å²) in [6, 6.07) is 6.52. The van der Waals surface area contributed by atoms with Gasteiger partial charge < -0.3 is 0 Å². The minimum absolute atomic E-state index is 0.168. The SMILES string of the molecule is C=C(c1cccc(CCCC)c1)C(F)(F)F. The first-order chi connectivity index (χ1) is 7.45. The van der Waals surface area contributed by atoms with Crippen LogP contribution in [0.5, 0.6) is 0 Å². The normalized spacial score (nSPS) is 11.5. The Balaban J connectivity index is 2.86. The van der Waals surface area contributed by atoms with E-state index in [-0.39, 0.29) is 5.56 Å². The number of halogens is 3. The van der Waals surface area contributed by atoms with Crippen LogP contribution in [0.15, 0.2) is 30.8 Å². The largest absolute Gasteiger partial charge is 0.416 e. The van der Waals surface area contributed by atoms with Crippen molar-refractivity contribution in [2.75, 3.05) is 0 Å². The summed E-state index contributed by atoms with van der Waals surface area (Å²) in [6.07, 6.45) is -1.51. The number of hydrogen-bond acceptors (Lipinski definition) is 0. The Morgan fingerprint density at radius 1 is 1.31 bits per heavy atom. The first-order valence-corrected chi connectivity index (χ1v) is 5.30. The molecule has 1 aromatic rings. The second-order valence-electron chi connectivity index (χ2n) is 3.78. The van der Waals surface area contributed by atoms with Gasteiger partial charge in [0.25, 0.3) is 0 Å². The molecule has 0 aliphatic rings. The highest BCUT2D eigenvalue weighted by Crippen LogP contribution is 2.32. The van der Waals surface area contributed by atoms with E-state index in [1.165, 1.54) is 6.07 Å². The van der Waals surface area contributed by atoms with E-state index < -0.39 is 11.7 Å². The second kappa shape index (κ2) is 5.19. The van der Waals surface area contributed by atoms with E-state index in [4.69, 9.17) is 0 Å². The molecule has 0 aliphatic carbocycles. The molecule has 0 nitrogen and oxygen atoms in total. The number of alkyl halides is 3. The van der Waals surface area contributed by atoms with Gasteiger partial charge in [0.05, 0.1) is 5.57 Å². The van der Waals surface area contributed by atoms with E-state index >= 15 is 0 Å². The predicted molar refractivity (Wildman–Crippen MR) is 60.1 cm³/mol. The average molecular weight is 228 g/mol. The summed E-state index contributed by atoms with van der Waals surface area (Å²) in [5, 5.41) is 0. The van der Waals surface area contributed by atoms with Crippen molar-refractivity contribution in [3.05, 3.63) is 42.0 Å². The lowest BCUT2D eigenvalue weighted by Gasteiger charge is -2.11. The van der Waals surface area contributed by atoms with Crippen molar-refractivity contribution < 1.29 is 13.2 Å². The molecule has 16 heavy (non-hydrogen) atoms. The van der Waals surface area contributed by atoms with Gasteiger partial charge in [-0.15, -0.1) is 0 Å². The molecule has 0 unspecified atom stereocenters. The Hall–Kier alpha value is -1.25. The second-order valence-corrected chi connectivity index (χ2v) is 3.78. The fourth-order valence-electron chi connectivity index (χ4n) is 1.46.